The lowest BCUT2D eigenvalue weighted by Gasteiger charge is -2.40. The van der Waals surface area contributed by atoms with E-state index in [1.54, 1.807) is 0 Å². The molecule has 0 aliphatic carbocycles. The molecule has 3 heterocycles. The van der Waals surface area contributed by atoms with Crippen LogP contribution in [0.1, 0.15) is 53.5 Å². The topological polar surface area (TPSA) is 25.4 Å². The van der Waals surface area contributed by atoms with Crippen molar-refractivity contribution in [1.82, 2.24) is 0 Å². The zero-order valence-corrected chi connectivity index (χ0v) is 51.0. The number of thiophene rings is 1. The fourth-order valence-electron chi connectivity index (χ4n) is 13.0. The molecular formula is C79H68BN5OS. The van der Waals surface area contributed by atoms with Gasteiger partial charge >= 0.3 is 0 Å². The van der Waals surface area contributed by atoms with Crippen LogP contribution < -0.4 is 44.9 Å². The summed E-state index contributed by atoms with van der Waals surface area (Å²) in [4.78, 5) is 13.4. The molecule has 1 aromatic heterocycles. The quantitative estimate of drug-likeness (QED) is 0.0895. The first-order valence-electron chi connectivity index (χ1n) is 30.5. The van der Waals surface area contributed by atoms with Gasteiger partial charge in [0.2, 0.25) is 0 Å². The molecule has 6 nitrogen and oxygen atoms in total. The molecule has 0 unspecified atom stereocenters. The van der Waals surface area contributed by atoms with E-state index in [1.807, 2.05) is 11.3 Å². The lowest BCUT2D eigenvalue weighted by molar-refractivity contribution is 0.490. The molecule has 2 aliphatic rings. The lowest BCUT2D eigenvalue weighted by Crippen LogP contribution is -2.58. The third-order valence-electron chi connectivity index (χ3n) is 17.4. The Labute approximate surface area is 517 Å². The summed E-state index contributed by atoms with van der Waals surface area (Å²) in [6.45, 7) is 13.3. The molecule has 0 radical (unpaired) electrons. The fraction of sp³-hybridized carbons (Fsp3) is 0.114. The van der Waals surface area contributed by atoms with E-state index >= 15 is 0 Å². The number of ether oxygens (including phenoxy) is 1. The monoisotopic (exact) mass is 1150 g/mol. The summed E-state index contributed by atoms with van der Waals surface area (Å²) in [5, 5.41) is 0. The highest BCUT2D eigenvalue weighted by atomic mass is 32.1. The van der Waals surface area contributed by atoms with Crippen molar-refractivity contribution in [3.8, 4) is 11.5 Å². The van der Waals surface area contributed by atoms with E-state index in [-0.39, 0.29) is 6.71 Å². The summed E-state index contributed by atoms with van der Waals surface area (Å²) >= 11 is 1.85. The molecule has 0 saturated heterocycles. The van der Waals surface area contributed by atoms with Gasteiger partial charge in [-0.1, -0.05) is 166 Å². The van der Waals surface area contributed by atoms with Crippen molar-refractivity contribution in [2.45, 2.75) is 60.8 Å². The van der Waals surface area contributed by atoms with Gasteiger partial charge in [-0.25, -0.2) is 0 Å². The molecule has 11 aromatic carbocycles. The number of hydrogen-bond acceptors (Lipinski definition) is 7. The summed E-state index contributed by atoms with van der Waals surface area (Å²) in [6, 6.07) is 97.9. The molecule has 0 saturated carbocycles. The number of benzene rings is 11. The first-order chi connectivity index (χ1) is 42.8. The van der Waals surface area contributed by atoms with Crippen LogP contribution >= 0.6 is 11.3 Å². The molecule has 12 aromatic rings. The summed E-state index contributed by atoms with van der Waals surface area (Å²) in [6.07, 6.45) is 2.86. The molecule has 0 bridgehead atoms. The molecule has 0 spiro atoms. The van der Waals surface area contributed by atoms with Crippen molar-refractivity contribution >= 4 is 119 Å². The van der Waals surface area contributed by atoms with Crippen molar-refractivity contribution in [2.24, 2.45) is 0 Å². The predicted molar refractivity (Wildman–Crippen MR) is 371 cm³/mol. The molecule has 87 heavy (non-hydrogen) atoms. The number of rotatable bonds is 16. The molecule has 2 aliphatic heterocycles. The van der Waals surface area contributed by atoms with Gasteiger partial charge in [0.15, 0.2) is 5.75 Å². The van der Waals surface area contributed by atoms with Gasteiger partial charge in [0, 0.05) is 72.6 Å². The van der Waals surface area contributed by atoms with E-state index in [4.69, 9.17) is 4.74 Å². The SMILES string of the molecule is CCc1ccc(N(c2ccc(CC)cc2)c2cc(N(c3ccccc3)c3ccccc3C)c(C)c(N(c3ccccc3)c3c(C)sc4c3Oc3cc(N(c5ccccc5)c5ccc(CC)cc5)cc5c3B4c3ccccc3N5c3ccccc3)c2)cc1. The van der Waals surface area contributed by atoms with Crippen LogP contribution in [0.15, 0.2) is 267 Å². The number of nitrogens with zero attached hydrogens (tertiary/aromatic N) is 5. The average molecular weight is 1150 g/mol. The Bertz CT molecular complexity index is 4370. The third kappa shape index (κ3) is 10.00. The van der Waals surface area contributed by atoms with Gasteiger partial charge in [0.1, 0.15) is 11.4 Å². The predicted octanol–water partition coefficient (Wildman–Crippen LogP) is 20.6. The van der Waals surface area contributed by atoms with Crippen LogP contribution in [0.4, 0.5) is 85.3 Å². The van der Waals surface area contributed by atoms with E-state index in [9.17, 15) is 0 Å². The van der Waals surface area contributed by atoms with Gasteiger partial charge in [-0.15, -0.1) is 11.3 Å². The normalized spacial score (nSPS) is 12.0. The molecule has 0 atom stereocenters. The maximum atomic E-state index is 7.92. The summed E-state index contributed by atoms with van der Waals surface area (Å²) < 4.78 is 9.10. The smallest absolute Gasteiger partial charge is 0.268 e. The van der Waals surface area contributed by atoms with Crippen molar-refractivity contribution in [3.05, 3.63) is 300 Å². The van der Waals surface area contributed by atoms with Crippen LogP contribution in [0.2, 0.25) is 0 Å². The second kappa shape index (κ2) is 23.4. The van der Waals surface area contributed by atoms with Gasteiger partial charge < -0.3 is 29.2 Å². The van der Waals surface area contributed by atoms with Crippen molar-refractivity contribution in [3.63, 3.8) is 0 Å². The zero-order chi connectivity index (χ0) is 59.1. The highest BCUT2D eigenvalue weighted by Gasteiger charge is 2.46. The zero-order valence-electron chi connectivity index (χ0n) is 50.2. The second-order valence-corrected chi connectivity index (χ2v) is 23.9. The van der Waals surface area contributed by atoms with E-state index in [0.717, 1.165) is 132 Å². The number of hydrogen-bond donors (Lipinski definition) is 0. The number of anilines is 15. The minimum absolute atomic E-state index is 0.140. The van der Waals surface area contributed by atoms with Gasteiger partial charge in [-0.05, 0) is 194 Å². The maximum absolute atomic E-state index is 7.92. The average Bonchev–Trinajstić information content (AvgIpc) is 1.73. The van der Waals surface area contributed by atoms with Crippen LogP contribution in [-0.2, 0) is 19.3 Å². The summed E-state index contributed by atoms with van der Waals surface area (Å²) in [5.41, 5.74) is 24.5. The van der Waals surface area contributed by atoms with E-state index < -0.39 is 0 Å². The summed E-state index contributed by atoms with van der Waals surface area (Å²) in [7, 11) is 0. The molecule has 424 valence electrons. The molecule has 14 rings (SSSR count). The number of para-hydroxylation sites is 6. The van der Waals surface area contributed by atoms with Gasteiger partial charge in [-0.3, -0.25) is 0 Å². The van der Waals surface area contributed by atoms with Gasteiger partial charge in [0.05, 0.1) is 22.7 Å². The van der Waals surface area contributed by atoms with E-state index in [0.29, 0.717) is 0 Å². The standard InChI is InChI=1S/C79H68BN5OS/c1-7-57-38-44-64(45-39-57)81(60-27-14-10-15-28-60)68-52-74-76-75(53-68)86-78-77(56(6)87-79(78)80(76)69-35-23-25-37-71(69)84(74)62-31-18-12-19-32-62)85(63-33-20-13-21-34-63)73-51-67(82(65-46-40-58(8-2)41-47-65)66-48-42-59(9-3)43-49-66)50-72(55(73)5)83(61-29-16-11-17-30-61)70-36-24-22-26-54(70)4/h10-53H,7-9H2,1-6H3. The minimum atomic E-state index is -0.140. The maximum Gasteiger partial charge on any atom is 0.268 e. The first-order valence-corrected chi connectivity index (χ1v) is 31.4. The Morgan fingerprint density at radius 3 is 1.36 bits per heavy atom. The third-order valence-corrected chi connectivity index (χ3v) is 18.6. The van der Waals surface area contributed by atoms with Crippen molar-refractivity contribution in [1.29, 1.82) is 0 Å². The van der Waals surface area contributed by atoms with Gasteiger partial charge in [0.25, 0.3) is 6.71 Å². The highest BCUT2D eigenvalue weighted by molar-refractivity contribution is 7.29. The van der Waals surface area contributed by atoms with Crippen molar-refractivity contribution in [2.75, 3.05) is 24.5 Å². The Kier molecular flexibility index (Phi) is 14.8. The fourth-order valence-corrected chi connectivity index (χ4v) is 14.2. The molecule has 0 N–H and O–H groups in total. The molecule has 0 fully saturated rings. The second-order valence-electron chi connectivity index (χ2n) is 22.6. The van der Waals surface area contributed by atoms with E-state index in [1.165, 1.54) is 32.5 Å². The van der Waals surface area contributed by atoms with Crippen LogP contribution in [0.3, 0.4) is 0 Å². The molecular weight excluding hydrogens is 1080 g/mol. The molecule has 8 heteroatoms. The lowest BCUT2D eigenvalue weighted by atomic mass is 9.37. The van der Waals surface area contributed by atoms with Crippen LogP contribution in [0.5, 0.6) is 11.5 Å². The summed E-state index contributed by atoms with van der Waals surface area (Å²) in [5.74, 6) is 1.68. The largest absolute Gasteiger partial charge is 0.455 e. The van der Waals surface area contributed by atoms with E-state index in [2.05, 4.69) is 333 Å². The Hall–Kier alpha value is -10.0. The first kappa shape index (κ1) is 54.9. The Balaban J connectivity index is 1.05. The highest BCUT2D eigenvalue weighted by Crippen LogP contribution is 2.55. The molecule has 0 amide bonds. The number of fused-ring (bicyclic) bond motifs is 4. The van der Waals surface area contributed by atoms with Crippen LogP contribution in [0.25, 0.3) is 0 Å². The van der Waals surface area contributed by atoms with Crippen molar-refractivity contribution < 1.29 is 4.74 Å². The van der Waals surface area contributed by atoms with Crippen LogP contribution in [-0.4, -0.2) is 6.71 Å². The van der Waals surface area contributed by atoms with Crippen LogP contribution in [0, 0.1) is 20.8 Å². The Morgan fingerprint density at radius 2 is 0.828 bits per heavy atom. The van der Waals surface area contributed by atoms with Gasteiger partial charge in [-0.2, -0.15) is 0 Å². The Morgan fingerprint density at radius 1 is 0.391 bits per heavy atom. The minimum Gasteiger partial charge on any atom is -0.455 e. The number of aryl methyl sites for hydroxylation is 5.